The Morgan fingerprint density at radius 1 is 1.29 bits per heavy atom. The molecule has 21 heavy (non-hydrogen) atoms. The normalized spacial score (nSPS) is 26.1. The molecule has 0 spiro atoms. The minimum absolute atomic E-state index is 0.0453. The number of ether oxygens (including phenoxy) is 1. The van der Waals surface area contributed by atoms with Gasteiger partial charge in [-0.15, -0.1) is 0 Å². The number of nitrogens with two attached hydrogens (primary N) is 1. The molecule has 114 valence electrons. The smallest absolute Gasteiger partial charge is 0.228 e. The lowest BCUT2D eigenvalue weighted by Crippen LogP contribution is -2.51. The molecule has 0 aliphatic carbocycles. The second kappa shape index (κ2) is 5.93. The maximum Gasteiger partial charge on any atom is 0.228 e. The number of anilines is 2. The van der Waals surface area contributed by atoms with Crippen molar-refractivity contribution in [2.24, 2.45) is 5.92 Å². The van der Waals surface area contributed by atoms with Crippen molar-refractivity contribution < 1.29 is 9.53 Å². The summed E-state index contributed by atoms with van der Waals surface area (Å²) in [5, 5.41) is 0. The van der Waals surface area contributed by atoms with E-state index in [1.54, 1.807) is 0 Å². The first kappa shape index (κ1) is 14.2. The number of carbonyl (C=O) groups excluding carboxylic acids is 1. The van der Waals surface area contributed by atoms with E-state index in [9.17, 15) is 4.79 Å². The van der Waals surface area contributed by atoms with E-state index >= 15 is 0 Å². The molecule has 0 saturated carbocycles. The van der Waals surface area contributed by atoms with Gasteiger partial charge >= 0.3 is 0 Å². The molecular formula is C16H23N3O2. The standard InChI is InChI=1S/C16H23N3O2/c1-12-15(5-10-21-12)16(20)19-8-6-18(7-9-19)14-4-2-3-13(17)11-14/h2-4,11-12,15H,5-10,17H2,1H3. The molecule has 0 radical (unpaired) electrons. The number of benzene rings is 1. The summed E-state index contributed by atoms with van der Waals surface area (Å²) >= 11 is 0. The fourth-order valence-corrected chi connectivity index (χ4v) is 3.20. The van der Waals surface area contributed by atoms with Gasteiger partial charge in [0.2, 0.25) is 5.91 Å². The molecular weight excluding hydrogens is 266 g/mol. The summed E-state index contributed by atoms with van der Waals surface area (Å²) in [7, 11) is 0. The maximum atomic E-state index is 12.5. The summed E-state index contributed by atoms with van der Waals surface area (Å²) in [4.78, 5) is 16.8. The summed E-state index contributed by atoms with van der Waals surface area (Å²) in [6, 6.07) is 7.93. The first-order chi connectivity index (χ1) is 10.1. The van der Waals surface area contributed by atoms with E-state index in [1.165, 1.54) is 0 Å². The summed E-state index contributed by atoms with van der Waals surface area (Å²) < 4.78 is 5.51. The Hall–Kier alpha value is -1.75. The molecule has 2 fully saturated rings. The van der Waals surface area contributed by atoms with E-state index in [4.69, 9.17) is 10.5 Å². The fourth-order valence-electron chi connectivity index (χ4n) is 3.20. The van der Waals surface area contributed by atoms with Gasteiger partial charge in [-0.1, -0.05) is 6.07 Å². The highest BCUT2D eigenvalue weighted by molar-refractivity contribution is 5.80. The molecule has 2 atom stereocenters. The largest absolute Gasteiger partial charge is 0.399 e. The number of amides is 1. The van der Waals surface area contributed by atoms with Crippen molar-refractivity contribution in [3.8, 4) is 0 Å². The average Bonchev–Trinajstić information content (AvgIpc) is 2.93. The zero-order valence-corrected chi connectivity index (χ0v) is 12.5. The van der Waals surface area contributed by atoms with Gasteiger partial charge in [-0.25, -0.2) is 0 Å². The molecule has 2 aliphatic heterocycles. The van der Waals surface area contributed by atoms with Crippen LogP contribution >= 0.6 is 0 Å². The number of nitrogen functional groups attached to an aromatic ring is 1. The number of rotatable bonds is 2. The first-order valence-corrected chi connectivity index (χ1v) is 7.66. The van der Waals surface area contributed by atoms with Crippen molar-refractivity contribution in [2.45, 2.75) is 19.4 Å². The predicted molar refractivity (Wildman–Crippen MR) is 83.2 cm³/mol. The van der Waals surface area contributed by atoms with Crippen LogP contribution in [0.2, 0.25) is 0 Å². The van der Waals surface area contributed by atoms with Crippen LogP contribution < -0.4 is 10.6 Å². The van der Waals surface area contributed by atoms with Crippen molar-refractivity contribution in [2.75, 3.05) is 43.4 Å². The summed E-state index contributed by atoms with van der Waals surface area (Å²) in [5.41, 5.74) is 7.75. The van der Waals surface area contributed by atoms with Gasteiger partial charge in [0, 0.05) is 44.2 Å². The lowest BCUT2D eigenvalue weighted by atomic mass is 10.0. The van der Waals surface area contributed by atoms with Gasteiger partial charge in [0.1, 0.15) is 0 Å². The second-order valence-electron chi connectivity index (χ2n) is 5.88. The molecule has 2 unspecified atom stereocenters. The molecule has 2 aliphatic rings. The molecule has 5 nitrogen and oxygen atoms in total. The summed E-state index contributed by atoms with van der Waals surface area (Å²) in [6.45, 7) is 5.97. The van der Waals surface area contributed by atoms with Gasteiger partial charge < -0.3 is 20.3 Å². The Morgan fingerprint density at radius 2 is 2.05 bits per heavy atom. The minimum Gasteiger partial charge on any atom is -0.399 e. The highest BCUT2D eigenvalue weighted by Crippen LogP contribution is 2.24. The Morgan fingerprint density at radius 3 is 2.67 bits per heavy atom. The number of hydrogen-bond acceptors (Lipinski definition) is 4. The van der Waals surface area contributed by atoms with Gasteiger partial charge in [0.05, 0.1) is 12.0 Å². The molecule has 2 heterocycles. The third-order valence-corrected chi connectivity index (χ3v) is 4.52. The molecule has 5 heteroatoms. The lowest BCUT2D eigenvalue weighted by Gasteiger charge is -2.37. The van der Waals surface area contributed by atoms with Crippen molar-refractivity contribution in [1.29, 1.82) is 0 Å². The van der Waals surface area contributed by atoms with Crippen LogP contribution in [-0.4, -0.2) is 49.7 Å². The van der Waals surface area contributed by atoms with Crippen molar-refractivity contribution in [3.63, 3.8) is 0 Å². The number of hydrogen-bond donors (Lipinski definition) is 1. The molecule has 1 aromatic rings. The van der Waals surface area contributed by atoms with Gasteiger partial charge in [-0.3, -0.25) is 4.79 Å². The molecule has 0 bridgehead atoms. The zero-order valence-electron chi connectivity index (χ0n) is 12.5. The second-order valence-corrected chi connectivity index (χ2v) is 5.88. The Bertz CT molecular complexity index is 512. The van der Waals surface area contributed by atoms with Gasteiger partial charge in [-0.05, 0) is 31.5 Å². The third-order valence-electron chi connectivity index (χ3n) is 4.52. The SMILES string of the molecule is CC1OCCC1C(=O)N1CCN(c2cccc(N)c2)CC1. The van der Waals surface area contributed by atoms with E-state index in [0.717, 1.165) is 44.0 Å². The van der Waals surface area contributed by atoms with Crippen molar-refractivity contribution in [1.82, 2.24) is 4.90 Å². The van der Waals surface area contributed by atoms with Crippen LogP contribution in [0.1, 0.15) is 13.3 Å². The Labute approximate surface area is 125 Å². The Balaban J connectivity index is 1.59. The highest BCUT2D eigenvalue weighted by atomic mass is 16.5. The number of piperazine rings is 1. The van der Waals surface area contributed by atoms with Crippen LogP contribution in [-0.2, 0) is 9.53 Å². The average molecular weight is 289 g/mol. The van der Waals surface area contributed by atoms with E-state index in [-0.39, 0.29) is 17.9 Å². The van der Waals surface area contributed by atoms with E-state index in [0.29, 0.717) is 6.61 Å². The molecule has 2 N–H and O–H groups in total. The van der Waals surface area contributed by atoms with Crippen LogP contribution in [0.5, 0.6) is 0 Å². The maximum absolute atomic E-state index is 12.5. The van der Waals surface area contributed by atoms with E-state index in [1.807, 2.05) is 30.0 Å². The first-order valence-electron chi connectivity index (χ1n) is 7.66. The monoisotopic (exact) mass is 289 g/mol. The zero-order chi connectivity index (χ0) is 14.8. The minimum atomic E-state index is 0.0453. The fraction of sp³-hybridized carbons (Fsp3) is 0.562. The van der Waals surface area contributed by atoms with Crippen molar-refractivity contribution in [3.05, 3.63) is 24.3 Å². The number of carbonyl (C=O) groups is 1. The highest BCUT2D eigenvalue weighted by Gasteiger charge is 2.34. The molecule has 1 aromatic carbocycles. The van der Waals surface area contributed by atoms with Crippen LogP contribution in [0.3, 0.4) is 0 Å². The van der Waals surface area contributed by atoms with Gasteiger partial charge in [0.25, 0.3) is 0 Å². The topological polar surface area (TPSA) is 58.8 Å². The van der Waals surface area contributed by atoms with Crippen molar-refractivity contribution >= 4 is 17.3 Å². The predicted octanol–water partition coefficient (Wildman–Crippen LogP) is 1.34. The van der Waals surface area contributed by atoms with Crippen LogP contribution in [0.25, 0.3) is 0 Å². The Kier molecular flexibility index (Phi) is 4.01. The molecule has 2 saturated heterocycles. The number of nitrogens with zero attached hydrogens (tertiary/aromatic N) is 2. The third kappa shape index (κ3) is 2.97. The molecule has 0 aromatic heterocycles. The quantitative estimate of drug-likeness (QED) is 0.835. The van der Waals surface area contributed by atoms with Crippen LogP contribution in [0.4, 0.5) is 11.4 Å². The van der Waals surface area contributed by atoms with Gasteiger partial charge in [0.15, 0.2) is 0 Å². The van der Waals surface area contributed by atoms with E-state index in [2.05, 4.69) is 11.0 Å². The molecule has 3 rings (SSSR count). The lowest BCUT2D eigenvalue weighted by molar-refractivity contribution is -0.137. The van der Waals surface area contributed by atoms with E-state index < -0.39 is 0 Å². The summed E-state index contributed by atoms with van der Waals surface area (Å²) in [6.07, 6.45) is 0.916. The molecule has 1 amide bonds. The summed E-state index contributed by atoms with van der Waals surface area (Å²) in [5.74, 6) is 0.302. The van der Waals surface area contributed by atoms with Crippen LogP contribution in [0.15, 0.2) is 24.3 Å². The van der Waals surface area contributed by atoms with Gasteiger partial charge in [-0.2, -0.15) is 0 Å². The van der Waals surface area contributed by atoms with Crippen LogP contribution in [0, 0.1) is 5.92 Å².